The van der Waals surface area contributed by atoms with Gasteiger partial charge in [0, 0.05) is 48.9 Å². The minimum absolute atomic E-state index is 0.0770. The maximum Gasteiger partial charge on any atom is 0.296 e. The lowest BCUT2D eigenvalue weighted by Gasteiger charge is -2.37. The summed E-state index contributed by atoms with van der Waals surface area (Å²) in [6.45, 7) is 2.79. The van der Waals surface area contributed by atoms with E-state index in [1.54, 1.807) is 48.4 Å². The fourth-order valence-corrected chi connectivity index (χ4v) is 6.67. The Morgan fingerprint density at radius 1 is 1.14 bits per heavy atom. The largest absolute Gasteiger partial charge is 0.483 e. The molecule has 7 rings (SSSR count). The Kier molecular flexibility index (Phi) is 9.33. The van der Waals surface area contributed by atoms with Crippen LogP contribution in [0, 0.1) is 18.3 Å². The summed E-state index contributed by atoms with van der Waals surface area (Å²) in [6.07, 6.45) is 8.42. The van der Waals surface area contributed by atoms with Gasteiger partial charge in [-0.2, -0.15) is 10.4 Å². The summed E-state index contributed by atoms with van der Waals surface area (Å²) in [7, 11) is 3.67. The molecule has 2 aliphatic heterocycles. The number of fused-ring (bicyclic) bond motifs is 2. The molecule has 0 unspecified atom stereocenters. The highest BCUT2D eigenvalue weighted by Gasteiger charge is 2.46. The summed E-state index contributed by atoms with van der Waals surface area (Å²) >= 11 is 0. The van der Waals surface area contributed by atoms with Crippen molar-refractivity contribution in [2.24, 2.45) is 0 Å². The lowest BCUT2D eigenvalue weighted by molar-refractivity contribution is -0.135. The zero-order chi connectivity index (χ0) is 35.7. The number of likely N-dealkylation sites (tertiary alicyclic amines) is 2. The van der Waals surface area contributed by atoms with E-state index < -0.39 is 18.6 Å². The highest BCUT2D eigenvalue weighted by molar-refractivity contribution is 6.02. The number of hydrogen-bond acceptors (Lipinski definition) is 11. The molecule has 51 heavy (non-hydrogen) atoms. The van der Waals surface area contributed by atoms with Crippen LogP contribution >= 0.6 is 0 Å². The number of carbonyl (C=O) groups excluding carboxylic acids is 1. The standard InChI is InChI=1S/C37H37F2N9O3/c1-23-15-26(7-11-30(23)50-33-17-32-42-21-44-48(32)22-43-33)45-35-25(18-40)19-41-29-10-6-24(16-28(49)9-8-27-5-4-13-47(27)3)36(34(29)35)51-31-12-14-46(2)20-37(31,38)39/h6-11,15,17,19,21-22,27,31H,4-5,12-14,16,20H2,1-3H3,(H,41,45)/b9-8+/t27-,31-/m1/s1. The number of benzene rings is 2. The lowest BCUT2D eigenvalue weighted by Crippen LogP contribution is -2.52. The van der Waals surface area contributed by atoms with Crippen LogP contribution in [-0.4, -0.2) is 91.9 Å². The van der Waals surface area contributed by atoms with E-state index in [2.05, 4.69) is 36.3 Å². The van der Waals surface area contributed by atoms with Crippen molar-refractivity contribution in [2.75, 3.05) is 39.0 Å². The number of halogens is 2. The maximum absolute atomic E-state index is 15.5. The third kappa shape index (κ3) is 7.21. The van der Waals surface area contributed by atoms with E-state index in [1.165, 1.54) is 23.4 Å². The molecule has 14 heteroatoms. The molecule has 3 aromatic heterocycles. The molecule has 2 atom stereocenters. The third-order valence-electron chi connectivity index (χ3n) is 9.43. The van der Waals surface area contributed by atoms with Crippen LogP contribution in [0.4, 0.5) is 20.2 Å². The fraction of sp³-hybridized carbons (Fsp3) is 0.351. The zero-order valence-corrected chi connectivity index (χ0v) is 28.5. The van der Waals surface area contributed by atoms with E-state index in [4.69, 9.17) is 9.47 Å². The quantitative estimate of drug-likeness (QED) is 0.176. The number of rotatable bonds is 10. The van der Waals surface area contributed by atoms with Gasteiger partial charge in [0.1, 0.15) is 30.2 Å². The molecule has 0 spiro atoms. The van der Waals surface area contributed by atoms with Gasteiger partial charge < -0.3 is 19.7 Å². The second-order valence-electron chi connectivity index (χ2n) is 13.2. The zero-order valence-electron chi connectivity index (χ0n) is 28.5. The molecule has 2 aliphatic rings. The van der Waals surface area contributed by atoms with Gasteiger partial charge in [-0.1, -0.05) is 12.1 Å². The second-order valence-corrected chi connectivity index (χ2v) is 13.2. The van der Waals surface area contributed by atoms with Gasteiger partial charge in [-0.05, 0) is 76.3 Å². The van der Waals surface area contributed by atoms with Crippen molar-refractivity contribution in [2.45, 2.75) is 50.7 Å². The average molecular weight is 694 g/mol. The number of anilines is 2. The molecule has 2 fully saturated rings. The van der Waals surface area contributed by atoms with Gasteiger partial charge in [0.15, 0.2) is 17.5 Å². The van der Waals surface area contributed by atoms with Crippen molar-refractivity contribution < 1.29 is 23.0 Å². The molecule has 2 saturated heterocycles. The Morgan fingerprint density at radius 3 is 2.76 bits per heavy atom. The number of aromatic nitrogens is 5. The molecular formula is C37H37F2N9O3. The van der Waals surface area contributed by atoms with Gasteiger partial charge in [-0.15, -0.1) is 0 Å². The molecule has 0 radical (unpaired) electrons. The second kappa shape index (κ2) is 14.0. The van der Waals surface area contributed by atoms with E-state index in [-0.39, 0.29) is 36.0 Å². The highest BCUT2D eigenvalue weighted by Crippen LogP contribution is 2.42. The van der Waals surface area contributed by atoms with Gasteiger partial charge in [0.2, 0.25) is 5.88 Å². The van der Waals surface area contributed by atoms with E-state index in [0.717, 1.165) is 24.9 Å². The summed E-state index contributed by atoms with van der Waals surface area (Å²) in [4.78, 5) is 30.0. The monoisotopic (exact) mass is 693 g/mol. The van der Waals surface area contributed by atoms with Crippen LogP contribution in [0.2, 0.25) is 0 Å². The first kappa shape index (κ1) is 34.0. The molecule has 5 aromatic rings. The molecule has 262 valence electrons. The number of aryl methyl sites for hydroxylation is 1. The van der Waals surface area contributed by atoms with Crippen LogP contribution < -0.4 is 14.8 Å². The van der Waals surface area contributed by atoms with Gasteiger partial charge in [-0.3, -0.25) is 14.7 Å². The Bertz CT molecular complexity index is 2180. The topological polar surface area (TPSA) is 134 Å². The number of allylic oxidation sites excluding steroid dienone is 1. The predicted molar refractivity (Wildman–Crippen MR) is 187 cm³/mol. The van der Waals surface area contributed by atoms with Crippen molar-refractivity contribution in [1.82, 2.24) is 34.4 Å². The summed E-state index contributed by atoms with van der Waals surface area (Å²) in [6, 6.07) is 12.8. The molecule has 0 bridgehead atoms. The maximum atomic E-state index is 15.5. The minimum Gasteiger partial charge on any atom is -0.483 e. The van der Waals surface area contributed by atoms with Gasteiger partial charge in [-0.25, -0.2) is 23.3 Å². The number of likely N-dealkylation sites (N-methyl/N-ethyl adjacent to an activating group) is 1. The summed E-state index contributed by atoms with van der Waals surface area (Å²) < 4.78 is 44.8. The first-order chi connectivity index (χ1) is 24.6. The number of alkyl halides is 2. The lowest BCUT2D eigenvalue weighted by atomic mass is 9.99. The number of ketones is 1. The fourth-order valence-electron chi connectivity index (χ4n) is 6.67. The molecule has 0 saturated carbocycles. The van der Waals surface area contributed by atoms with Gasteiger partial charge in [0.05, 0.1) is 28.7 Å². The van der Waals surface area contributed by atoms with Gasteiger partial charge >= 0.3 is 0 Å². The molecule has 1 N–H and O–H groups in total. The first-order valence-corrected chi connectivity index (χ1v) is 16.8. The summed E-state index contributed by atoms with van der Waals surface area (Å²) in [5, 5.41) is 17.9. The Labute approximate surface area is 293 Å². The molecule has 5 heterocycles. The van der Waals surface area contributed by atoms with Crippen LogP contribution in [0.1, 0.15) is 36.0 Å². The predicted octanol–water partition coefficient (Wildman–Crippen LogP) is 5.87. The normalized spacial score (nSPS) is 19.5. The Hall–Kier alpha value is -5.52. The number of nitrogens with zero attached hydrogens (tertiary/aromatic N) is 8. The molecule has 0 aliphatic carbocycles. The van der Waals surface area contributed by atoms with E-state index in [0.29, 0.717) is 51.7 Å². The Morgan fingerprint density at radius 2 is 2.00 bits per heavy atom. The highest BCUT2D eigenvalue weighted by atomic mass is 19.3. The van der Waals surface area contributed by atoms with Crippen molar-refractivity contribution in [3.05, 3.63) is 84.1 Å². The first-order valence-electron chi connectivity index (χ1n) is 16.8. The summed E-state index contributed by atoms with van der Waals surface area (Å²) in [5.74, 6) is -2.34. The number of nitriles is 1. The number of piperidine rings is 1. The number of pyridine rings is 1. The number of nitrogens with one attached hydrogen (secondary N) is 1. The van der Waals surface area contributed by atoms with E-state index in [9.17, 15) is 10.1 Å². The van der Waals surface area contributed by atoms with Crippen LogP contribution in [0.3, 0.4) is 0 Å². The van der Waals surface area contributed by atoms with Gasteiger partial charge in [0.25, 0.3) is 5.92 Å². The number of hydrogen-bond donors (Lipinski definition) is 1. The molecular weight excluding hydrogens is 656 g/mol. The average Bonchev–Trinajstić information content (AvgIpc) is 3.75. The minimum atomic E-state index is -3.16. The van der Waals surface area contributed by atoms with Crippen LogP contribution in [0.25, 0.3) is 16.6 Å². The molecule has 2 aromatic carbocycles. The Balaban J connectivity index is 1.25. The summed E-state index contributed by atoms with van der Waals surface area (Å²) in [5.41, 5.74) is 3.31. The van der Waals surface area contributed by atoms with Crippen molar-refractivity contribution in [3.63, 3.8) is 0 Å². The molecule has 12 nitrogen and oxygen atoms in total. The number of carbonyl (C=O) groups is 1. The van der Waals surface area contributed by atoms with E-state index in [1.807, 2.05) is 26.1 Å². The van der Waals surface area contributed by atoms with Crippen molar-refractivity contribution in [1.29, 1.82) is 5.26 Å². The van der Waals surface area contributed by atoms with Crippen LogP contribution in [-0.2, 0) is 11.2 Å². The van der Waals surface area contributed by atoms with E-state index >= 15 is 8.78 Å². The smallest absolute Gasteiger partial charge is 0.296 e. The van der Waals surface area contributed by atoms with Crippen LogP contribution in [0.5, 0.6) is 17.4 Å². The number of ether oxygens (including phenoxy) is 2. The SMILES string of the molecule is Cc1cc(Nc2c(C#N)cnc3ccc(CC(=O)/C=C/[C@H]4CCCN4C)c(O[C@@H]4CCN(C)CC4(F)F)c23)ccc1Oc1cc2ncnn2cn1. The van der Waals surface area contributed by atoms with Crippen LogP contribution in [0.15, 0.2) is 67.4 Å². The third-order valence-corrected chi connectivity index (χ3v) is 9.43. The molecule has 0 amide bonds. The van der Waals surface area contributed by atoms with Crippen molar-refractivity contribution >= 4 is 33.7 Å². The van der Waals surface area contributed by atoms with Crippen molar-refractivity contribution in [3.8, 4) is 23.4 Å².